The summed E-state index contributed by atoms with van der Waals surface area (Å²) in [5, 5.41) is 0. The third-order valence-electron chi connectivity index (χ3n) is 4.53. The largest absolute Gasteiger partial charge is 0.381 e. The Labute approximate surface area is 134 Å². The maximum atomic E-state index is 10.9. The van der Waals surface area contributed by atoms with E-state index in [1.54, 1.807) is 7.11 Å². The monoisotopic (exact) mass is 323 g/mol. The Morgan fingerprint density at radius 3 is 2.55 bits per heavy atom. The van der Waals surface area contributed by atoms with Crippen LogP contribution in [0.5, 0.6) is 0 Å². The molecule has 1 fully saturated rings. The van der Waals surface area contributed by atoms with Crippen molar-refractivity contribution in [2.75, 3.05) is 7.11 Å². The molecule has 1 aromatic rings. The molecule has 0 saturated heterocycles. The topological polar surface area (TPSA) is 55.7 Å². The lowest BCUT2D eigenvalue weighted by Gasteiger charge is -2.13. The highest BCUT2D eigenvalue weighted by atomic mass is 32.2. The van der Waals surface area contributed by atoms with Gasteiger partial charge in [-0.2, -0.15) is 12.8 Å². The van der Waals surface area contributed by atoms with Crippen LogP contribution in [0.25, 0.3) is 0 Å². The lowest BCUT2D eigenvalue weighted by atomic mass is 10.0. The first-order valence-electron chi connectivity index (χ1n) is 8.05. The van der Waals surface area contributed by atoms with Crippen LogP contribution < -0.4 is 0 Å². The molecule has 1 aliphatic rings. The Morgan fingerprint density at radius 1 is 1.23 bits per heavy atom. The van der Waals surface area contributed by atoms with Gasteiger partial charge in [-0.15, -0.1) is 0 Å². The SMILES string of the molecule is CCCC(CCCC1C(N=S(=O)=O)C1c1ccccc1)OC. The molecule has 1 saturated carbocycles. The van der Waals surface area contributed by atoms with E-state index in [1.807, 2.05) is 18.2 Å². The van der Waals surface area contributed by atoms with E-state index >= 15 is 0 Å². The summed E-state index contributed by atoms with van der Waals surface area (Å²) in [5.74, 6) is 0.603. The lowest BCUT2D eigenvalue weighted by molar-refractivity contribution is 0.0847. The fourth-order valence-electron chi connectivity index (χ4n) is 3.35. The summed E-state index contributed by atoms with van der Waals surface area (Å²) in [6.45, 7) is 2.16. The molecular weight excluding hydrogens is 298 g/mol. The van der Waals surface area contributed by atoms with Gasteiger partial charge in [0.15, 0.2) is 0 Å². The highest BCUT2D eigenvalue weighted by Crippen LogP contribution is 2.52. The van der Waals surface area contributed by atoms with Gasteiger partial charge >= 0.3 is 10.5 Å². The Balaban J connectivity index is 1.92. The predicted molar refractivity (Wildman–Crippen MR) is 87.4 cm³/mol. The van der Waals surface area contributed by atoms with Gasteiger partial charge in [-0.1, -0.05) is 50.1 Å². The van der Waals surface area contributed by atoms with Gasteiger partial charge in [-0.25, -0.2) is 0 Å². The molecule has 2 rings (SSSR count). The van der Waals surface area contributed by atoms with Crippen molar-refractivity contribution in [1.82, 2.24) is 0 Å². The van der Waals surface area contributed by atoms with Crippen molar-refractivity contribution in [3.05, 3.63) is 35.9 Å². The molecule has 0 aromatic heterocycles. The molecule has 0 bridgehead atoms. The first kappa shape index (κ1) is 17.2. The van der Waals surface area contributed by atoms with Gasteiger partial charge < -0.3 is 4.74 Å². The van der Waals surface area contributed by atoms with E-state index < -0.39 is 10.5 Å². The van der Waals surface area contributed by atoms with Crippen LogP contribution in [0.2, 0.25) is 0 Å². The van der Waals surface area contributed by atoms with Crippen LogP contribution in [-0.4, -0.2) is 27.7 Å². The minimum atomic E-state index is -2.32. The van der Waals surface area contributed by atoms with E-state index in [-0.39, 0.29) is 12.0 Å². The van der Waals surface area contributed by atoms with Gasteiger partial charge in [0.2, 0.25) is 0 Å². The second-order valence-electron chi connectivity index (χ2n) is 5.99. The van der Waals surface area contributed by atoms with E-state index in [0.29, 0.717) is 12.0 Å². The second kappa shape index (κ2) is 8.44. The summed E-state index contributed by atoms with van der Waals surface area (Å²) < 4.78 is 31.1. The Morgan fingerprint density at radius 2 is 1.95 bits per heavy atom. The number of ether oxygens (including phenoxy) is 1. The summed E-state index contributed by atoms with van der Waals surface area (Å²) >= 11 is 0. The molecule has 5 heteroatoms. The van der Waals surface area contributed by atoms with Crippen LogP contribution in [0, 0.1) is 5.92 Å². The van der Waals surface area contributed by atoms with Crippen LogP contribution >= 0.6 is 0 Å². The van der Waals surface area contributed by atoms with Crippen LogP contribution in [0.1, 0.15) is 50.5 Å². The average Bonchev–Trinajstić information content (AvgIpc) is 3.18. The molecule has 22 heavy (non-hydrogen) atoms. The van der Waals surface area contributed by atoms with E-state index in [2.05, 4.69) is 23.4 Å². The maximum Gasteiger partial charge on any atom is 0.311 e. The van der Waals surface area contributed by atoms with Crippen LogP contribution in [0.4, 0.5) is 0 Å². The van der Waals surface area contributed by atoms with Gasteiger partial charge in [0.05, 0.1) is 12.1 Å². The number of nitrogens with zero attached hydrogens (tertiary/aromatic N) is 1. The van der Waals surface area contributed by atoms with Crippen LogP contribution in [-0.2, 0) is 15.2 Å². The smallest absolute Gasteiger partial charge is 0.311 e. The average molecular weight is 323 g/mol. The first-order valence-corrected chi connectivity index (χ1v) is 9.08. The number of methoxy groups -OCH3 is 1. The lowest BCUT2D eigenvalue weighted by Crippen LogP contribution is -2.09. The van der Waals surface area contributed by atoms with Crippen molar-refractivity contribution < 1.29 is 13.2 Å². The number of hydrogen-bond donors (Lipinski definition) is 0. The highest BCUT2D eigenvalue weighted by molar-refractivity contribution is 7.61. The molecule has 0 amide bonds. The van der Waals surface area contributed by atoms with Gasteiger partial charge in [-0.05, 0) is 30.7 Å². The minimum absolute atomic E-state index is 0.0760. The molecule has 4 nitrogen and oxygen atoms in total. The normalized spacial score (nSPS) is 24.7. The van der Waals surface area contributed by atoms with Crippen LogP contribution in [0.15, 0.2) is 34.7 Å². The summed E-state index contributed by atoms with van der Waals surface area (Å²) in [7, 11) is -0.550. The molecule has 0 spiro atoms. The highest BCUT2D eigenvalue weighted by Gasteiger charge is 2.51. The molecule has 4 unspecified atom stereocenters. The van der Waals surface area contributed by atoms with Crippen molar-refractivity contribution in [3.8, 4) is 0 Å². The maximum absolute atomic E-state index is 10.9. The zero-order valence-corrected chi connectivity index (χ0v) is 14.1. The number of benzene rings is 1. The molecule has 122 valence electrons. The zero-order chi connectivity index (χ0) is 15.9. The van der Waals surface area contributed by atoms with Crippen LogP contribution in [0.3, 0.4) is 0 Å². The Kier molecular flexibility index (Phi) is 6.58. The molecule has 1 aliphatic carbocycles. The molecule has 0 radical (unpaired) electrons. The van der Waals surface area contributed by atoms with Gasteiger partial charge in [0, 0.05) is 13.0 Å². The molecule has 0 N–H and O–H groups in total. The fraction of sp³-hybridized carbons (Fsp3) is 0.647. The van der Waals surface area contributed by atoms with Gasteiger partial charge in [0.25, 0.3) is 0 Å². The van der Waals surface area contributed by atoms with Crippen molar-refractivity contribution in [3.63, 3.8) is 0 Å². The third kappa shape index (κ3) is 4.65. The first-order chi connectivity index (χ1) is 10.7. The van der Waals surface area contributed by atoms with E-state index in [4.69, 9.17) is 4.74 Å². The van der Waals surface area contributed by atoms with Gasteiger partial charge in [0.1, 0.15) is 0 Å². The molecule has 1 aromatic carbocycles. The summed E-state index contributed by atoms with van der Waals surface area (Å²) in [4.78, 5) is 0. The zero-order valence-electron chi connectivity index (χ0n) is 13.3. The Bertz CT molecular complexity index is 577. The van der Waals surface area contributed by atoms with Crippen molar-refractivity contribution in [2.24, 2.45) is 10.3 Å². The molecule has 0 aliphatic heterocycles. The minimum Gasteiger partial charge on any atom is -0.381 e. The summed E-state index contributed by atoms with van der Waals surface area (Å²) in [5.41, 5.74) is 1.20. The second-order valence-corrected chi connectivity index (χ2v) is 6.64. The van der Waals surface area contributed by atoms with Gasteiger partial charge in [-0.3, -0.25) is 0 Å². The quantitative estimate of drug-likeness (QED) is 0.694. The third-order valence-corrected chi connectivity index (χ3v) is 4.94. The number of rotatable bonds is 9. The Hall–Kier alpha value is -1.20. The molecule has 0 heterocycles. The van der Waals surface area contributed by atoms with E-state index in [1.165, 1.54) is 5.56 Å². The van der Waals surface area contributed by atoms with Crippen molar-refractivity contribution in [2.45, 2.75) is 57.1 Å². The van der Waals surface area contributed by atoms with E-state index in [9.17, 15) is 8.42 Å². The number of hydrogen-bond acceptors (Lipinski definition) is 4. The fourth-order valence-corrected chi connectivity index (χ4v) is 3.84. The predicted octanol–water partition coefficient (Wildman–Crippen LogP) is 3.82. The van der Waals surface area contributed by atoms with Crippen molar-refractivity contribution in [1.29, 1.82) is 0 Å². The molecular formula is C17H25NO3S. The van der Waals surface area contributed by atoms with Crippen molar-refractivity contribution >= 4 is 10.5 Å². The molecule has 4 atom stereocenters. The van der Waals surface area contributed by atoms with E-state index in [0.717, 1.165) is 32.1 Å². The summed E-state index contributed by atoms with van der Waals surface area (Å²) in [6, 6.07) is 10.0. The standard InChI is InChI=1S/C17H25NO3S/c1-3-8-14(21-2)11-7-12-15-16(17(15)18-22(19)20)13-9-5-4-6-10-13/h4-6,9-10,14-17H,3,7-8,11-12H2,1-2H3. The summed E-state index contributed by atoms with van der Waals surface area (Å²) in [6.07, 6.45) is 5.64.